The van der Waals surface area contributed by atoms with Crippen LogP contribution in [0.25, 0.3) is 0 Å². The Hall–Kier alpha value is -1.50. The van der Waals surface area contributed by atoms with Crippen LogP contribution in [0.4, 0.5) is 13.6 Å². The summed E-state index contributed by atoms with van der Waals surface area (Å²) in [6, 6.07) is 8.53. The second-order valence-corrected chi connectivity index (χ2v) is 7.72. The van der Waals surface area contributed by atoms with Gasteiger partial charge < -0.3 is 10.1 Å². The molecule has 0 radical (unpaired) electrons. The highest BCUT2D eigenvalue weighted by Gasteiger charge is 2.63. The van der Waals surface area contributed by atoms with Gasteiger partial charge in [0, 0.05) is 12.8 Å². The number of benzene rings is 1. The second-order valence-electron chi connectivity index (χ2n) is 7.16. The number of amides is 1. The van der Waals surface area contributed by atoms with Crippen LogP contribution in [0.15, 0.2) is 30.3 Å². The number of nitrogens with one attached hydrogen (secondary N) is 1. The summed E-state index contributed by atoms with van der Waals surface area (Å²) in [6.07, 6.45) is 0.215. The fourth-order valence-electron chi connectivity index (χ4n) is 4.06. The summed E-state index contributed by atoms with van der Waals surface area (Å²) in [5.41, 5.74) is 0.509. The van der Waals surface area contributed by atoms with E-state index in [1.165, 1.54) is 0 Å². The van der Waals surface area contributed by atoms with Crippen molar-refractivity contribution in [1.82, 2.24) is 5.32 Å². The quantitative estimate of drug-likeness (QED) is 0.712. The molecule has 2 saturated carbocycles. The maximum Gasteiger partial charge on any atom is 0.408 e. The van der Waals surface area contributed by atoms with Gasteiger partial charge in [-0.15, -0.1) is 0 Å². The van der Waals surface area contributed by atoms with E-state index >= 15 is 0 Å². The Bertz CT molecular complexity index is 637. The average Bonchev–Trinajstić information content (AvgIpc) is 2.53. The molecule has 1 atom stereocenters. The fourth-order valence-corrected chi connectivity index (χ4v) is 4.41. The lowest BCUT2D eigenvalue weighted by atomic mass is 9.49. The molecule has 2 fully saturated rings. The molecular formula is C18H20BrF2NO3. The number of Topliss-reactive ketones (excluding diaryl/α,β-unsaturated/α-hetero) is 1. The largest absolute Gasteiger partial charge is 0.445 e. The van der Waals surface area contributed by atoms with Gasteiger partial charge in [-0.1, -0.05) is 46.3 Å². The summed E-state index contributed by atoms with van der Waals surface area (Å²) >= 11 is 3.12. The third-order valence-corrected chi connectivity index (χ3v) is 5.65. The summed E-state index contributed by atoms with van der Waals surface area (Å²) in [4.78, 5) is 24.2. The Kier molecular flexibility index (Phi) is 5.14. The van der Waals surface area contributed by atoms with E-state index in [4.69, 9.17) is 4.74 Å². The number of ketones is 1. The van der Waals surface area contributed by atoms with Gasteiger partial charge >= 0.3 is 6.09 Å². The highest BCUT2D eigenvalue weighted by Crippen LogP contribution is 2.65. The van der Waals surface area contributed by atoms with Crippen LogP contribution in [-0.4, -0.2) is 29.2 Å². The van der Waals surface area contributed by atoms with E-state index in [2.05, 4.69) is 21.2 Å². The Morgan fingerprint density at radius 3 is 2.44 bits per heavy atom. The SMILES string of the molecule is O=C(N[C@H](C(=O)CBr)C1CC2(C1)CC(F)(F)C2)OCc1ccccc1. The zero-order chi connectivity index (χ0) is 18.1. The van der Waals surface area contributed by atoms with Gasteiger partial charge in [0.1, 0.15) is 6.61 Å². The Morgan fingerprint density at radius 2 is 1.88 bits per heavy atom. The van der Waals surface area contributed by atoms with Crippen molar-refractivity contribution in [2.24, 2.45) is 11.3 Å². The fraction of sp³-hybridized carbons (Fsp3) is 0.556. The summed E-state index contributed by atoms with van der Waals surface area (Å²) < 4.78 is 31.4. The van der Waals surface area contributed by atoms with E-state index in [9.17, 15) is 18.4 Å². The van der Waals surface area contributed by atoms with Gasteiger partial charge in [-0.05, 0) is 29.7 Å². The van der Waals surface area contributed by atoms with Crippen molar-refractivity contribution in [3.63, 3.8) is 0 Å². The van der Waals surface area contributed by atoms with Crippen LogP contribution in [0, 0.1) is 11.3 Å². The molecule has 4 nitrogen and oxygen atoms in total. The zero-order valence-corrected chi connectivity index (χ0v) is 15.2. The molecule has 3 rings (SSSR count). The zero-order valence-electron chi connectivity index (χ0n) is 13.6. The average molecular weight is 416 g/mol. The molecule has 0 saturated heterocycles. The Balaban J connectivity index is 1.51. The third kappa shape index (κ3) is 4.19. The first-order valence-electron chi connectivity index (χ1n) is 8.26. The molecule has 1 N–H and O–H groups in total. The molecule has 0 heterocycles. The monoisotopic (exact) mass is 415 g/mol. The minimum absolute atomic E-state index is 0.106. The van der Waals surface area contributed by atoms with Crippen LogP contribution in [0.3, 0.4) is 0 Å². The van der Waals surface area contributed by atoms with E-state index in [-0.39, 0.29) is 41.9 Å². The normalized spacial score (nSPS) is 21.7. The van der Waals surface area contributed by atoms with E-state index in [0.717, 1.165) is 5.56 Å². The summed E-state index contributed by atoms with van der Waals surface area (Å²) in [5, 5.41) is 2.73. The van der Waals surface area contributed by atoms with Gasteiger partial charge in [-0.3, -0.25) is 4.79 Å². The lowest BCUT2D eigenvalue weighted by Crippen LogP contribution is -2.60. The second kappa shape index (κ2) is 7.02. The Morgan fingerprint density at radius 1 is 1.24 bits per heavy atom. The predicted octanol–water partition coefficient (Wildman–Crippen LogP) is 4.07. The molecule has 0 aromatic heterocycles. The lowest BCUT2D eigenvalue weighted by molar-refractivity contribution is -0.209. The van der Waals surface area contributed by atoms with Crippen LogP contribution in [0.1, 0.15) is 31.2 Å². The van der Waals surface area contributed by atoms with Crippen molar-refractivity contribution >= 4 is 27.8 Å². The number of carbonyl (C=O) groups is 2. The van der Waals surface area contributed by atoms with Crippen LogP contribution >= 0.6 is 15.9 Å². The van der Waals surface area contributed by atoms with Gasteiger partial charge in [0.05, 0.1) is 11.4 Å². The number of rotatable bonds is 6. The third-order valence-electron chi connectivity index (χ3n) is 5.09. The lowest BCUT2D eigenvalue weighted by Gasteiger charge is -2.58. The van der Waals surface area contributed by atoms with Crippen molar-refractivity contribution in [3.05, 3.63) is 35.9 Å². The minimum Gasteiger partial charge on any atom is -0.445 e. The topological polar surface area (TPSA) is 55.4 Å². The highest BCUT2D eigenvalue weighted by atomic mass is 79.9. The first-order chi connectivity index (χ1) is 11.8. The van der Waals surface area contributed by atoms with Crippen LogP contribution in [-0.2, 0) is 16.1 Å². The van der Waals surface area contributed by atoms with Crippen LogP contribution in [0.2, 0.25) is 0 Å². The smallest absolute Gasteiger partial charge is 0.408 e. The molecule has 1 amide bonds. The molecule has 0 bridgehead atoms. The first kappa shape index (κ1) is 18.3. The number of hydrogen-bond donors (Lipinski definition) is 1. The number of hydrogen-bond acceptors (Lipinski definition) is 3. The number of ether oxygens (including phenoxy) is 1. The molecule has 1 spiro atoms. The number of halogens is 3. The van der Waals surface area contributed by atoms with Crippen molar-refractivity contribution in [3.8, 4) is 0 Å². The van der Waals surface area contributed by atoms with E-state index in [1.54, 1.807) is 0 Å². The molecule has 0 aliphatic heterocycles. The van der Waals surface area contributed by atoms with Crippen molar-refractivity contribution in [2.75, 3.05) is 5.33 Å². The molecule has 136 valence electrons. The highest BCUT2D eigenvalue weighted by molar-refractivity contribution is 9.09. The van der Waals surface area contributed by atoms with Crippen molar-refractivity contribution < 1.29 is 23.1 Å². The summed E-state index contributed by atoms with van der Waals surface area (Å²) in [7, 11) is 0. The maximum absolute atomic E-state index is 13.1. The molecule has 1 aromatic carbocycles. The molecule has 2 aliphatic carbocycles. The predicted molar refractivity (Wildman–Crippen MR) is 91.7 cm³/mol. The Labute approximate surface area is 153 Å². The molecule has 25 heavy (non-hydrogen) atoms. The maximum atomic E-state index is 13.1. The molecule has 0 unspecified atom stereocenters. The van der Waals surface area contributed by atoms with Gasteiger partial charge in [0.25, 0.3) is 0 Å². The van der Waals surface area contributed by atoms with Gasteiger partial charge in [0.15, 0.2) is 5.78 Å². The number of alkyl halides is 3. The summed E-state index contributed by atoms with van der Waals surface area (Å²) in [6.45, 7) is 0.114. The molecule has 1 aromatic rings. The molecular weight excluding hydrogens is 396 g/mol. The van der Waals surface area contributed by atoms with Gasteiger partial charge in [-0.2, -0.15) is 0 Å². The van der Waals surface area contributed by atoms with Gasteiger partial charge in [-0.25, -0.2) is 13.6 Å². The number of carbonyl (C=O) groups excluding carboxylic acids is 2. The van der Waals surface area contributed by atoms with E-state index < -0.39 is 18.1 Å². The molecule has 2 aliphatic rings. The summed E-state index contributed by atoms with van der Waals surface area (Å²) in [5.74, 6) is -2.84. The molecule has 7 heteroatoms. The van der Waals surface area contributed by atoms with E-state index in [0.29, 0.717) is 12.8 Å². The van der Waals surface area contributed by atoms with E-state index in [1.807, 2.05) is 30.3 Å². The standard InChI is InChI=1S/C18H20BrF2NO3/c19-8-14(23)15(13-6-17(7-13)10-18(20,21)11-17)22-16(24)25-9-12-4-2-1-3-5-12/h1-5,13,15H,6-11H2,(H,22,24)/t15-/m0/s1. The van der Waals surface area contributed by atoms with Crippen molar-refractivity contribution in [1.29, 1.82) is 0 Å². The van der Waals surface area contributed by atoms with Crippen molar-refractivity contribution in [2.45, 2.75) is 44.3 Å². The first-order valence-corrected chi connectivity index (χ1v) is 9.38. The van der Waals surface area contributed by atoms with Crippen LogP contribution < -0.4 is 5.32 Å². The van der Waals surface area contributed by atoms with Crippen LogP contribution in [0.5, 0.6) is 0 Å². The minimum atomic E-state index is -2.57. The number of alkyl carbamates (subject to hydrolysis) is 1. The van der Waals surface area contributed by atoms with Gasteiger partial charge in [0.2, 0.25) is 5.92 Å².